The van der Waals surface area contributed by atoms with E-state index in [1.54, 1.807) is 45.3 Å². The quantitative estimate of drug-likeness (QED) is 0.832. The van der Waals surface area contributed by atoms with Crippen molar-refractivity contribution in [1.29, 1.82) is 0 Å². The predicted octanol–water partition coefficient (Wildman–Crippen LogP) is 2.96. The summed E-state index contributed by atoms with van der Waals surface area (Å²) in [7, 11) is 3.32. The van der Waals surface area contributed by atoms with E-state index in [0.29, 0.717) is 11.3 Å². The summed E-state index contributed by atoms with van der Waals surface area (Å²) in [6.07, 6.45) is 0. The summed E-state index contributed by atoms with van der Waals surface area (Å²) in [4.78, 5) is 25.3. The van der Waals surface area contributed by atoms with Crippen molar-refractivity contribution >= 4 is 17.5 Å². The van der Waals surface area contributed by atoms with E-state index >= 15 is 0 Å². The lowest BCUT2D eigenvalue weighted by molar-refractivity contribution is -0.115. The summed E-state index contributed by atoms with van der Waals surface area (Å²) in [5, 5.41) is 5.58. The molecule has 0 radical (unpaired) electrons. The third-order valence-corrected chi connectivity index (χ3v) is 3.82. The second kappa shape index (κ2) is 8.53. The van der Waals surface area contributed by atoms with Gasteiger partial charge in [-0.1, -0.05) is 6.07 Å². The maximum Gasteiger partial charge on any atom is 0.253 e. The van der Waals surface area contributed by atoms with E-state index < -0.39 is 17.7 Å². The molecule has 2 N–H and O–H groups in total. The first kappa shape index (κ1) is 19.5. The zero-order valence-corrected chi connectivity index (χ0v) is 14.8. The van der Waals surface area contributed by atoms with E-state index in [1.807, 2.05) is 0 Å². The van der Waals surface area contributed by atoms with Gasteiger partial charge in [0.15, 0.2) is 0 Å². The Hall–Kier alpha value is -2.80. The molecule has 7 heteroatoms. The van der Waals surface area contributed by atoms with E-state index in [1.165, 1.54) is 17.0 Å². The number of carbonyl (C=O) groups is 2. The highest BCUT2D eigenvalue weighted by Crippen LogP contribution is 2.17. The van der Waals surface area contributed by atoms with Crippen LogP contribution in [0.25, 0.3) is 0 Å². The molecular formula is C19H21F2N3O2. The molecule has 0 saturated carbocycles. The molecule has 0 bridgehead atoms. The van der Waals surface area contributed by atoms with Gasteiger partial charge in [-0.2, -0.15) is 0 Å². The smallest absolute Gasteiger partial charge is 0.253 e. The standard InChI is InChI=1S/C19H21F2N3O2/c1-12(16-9-6-14(20)10-17(16)21)22-11-18(25)23-15-7-4-13(5-8-15)19(26)24(2)3/h4-10,12,22H,11H2,1-3H3,(H,23,25)/t12-/m1/s1. The van der Waals surface area contributed by atoms with Gasteiger partial charge in [-0.05, 0) is 37.3 Å². The van der Waals surface area contributed by atoms with Crippen LogP contribution in [0.5, 0.6) is 0 Å². The Balaban J connectivity index is 1.89. The highest BCUT2D eigenvalue weighted by molar-refractivity contribution is 5.96. The zero-order valence-electron chi connectivity index (χ0n) is 14.8. The van der Waals surface area contributed by atoms with Gasteiger partial charge in [0.2, 0.25) is 5.91 Å². The molecule has 0 heterocycles. The van der Waals surface area contributed by atoms with Gasteiger partial charge < -0.3 is 15.5 Å². The van der Waals surface area contributed by atoms with Crippen molar-refractivity contribution in [2.24, 2.45) is 0 Å². The molecule has 2 rings (SSSR count). The van der Waals surface area contributed by atoms with Crippen molar-refractivity contribution in [3.05, 3.63) is 65.2 Å². The molecule has 0 saturated heterocycles. The first-order chi connectivity index (χ1) is 12.3. The second-order valence-electron chi connectivity index (χ2n) is 6.09. The lowest BCUT2D eigenvalue weighted by atomic mass is 10.1. The topological polar surface area (TPSA) is 61.4 Å². The number of rotatable bonds is 6. The number of nitrogens with zero attached hydrogens (tertiary/aromatic N) is 1. The van der Waals surface area contributed by atoms with Crippen molar-refractivity contribution in [3.8, 4) is 0 Å². The molecule has 2 aromatic carbocycles. The summed E-state index contributed by atoms with van der Waals surface area (Å²) in [6, 6.07) is 9.40. The van der Waals surface area contributed by atoms with E-state index in [2.05, 4.69) is 10.6 Å². The fraction of sp³-hybridized carbons (Fsp3) is 0.263. The molecule has 0 spiro atoms. The maximum atomic E-state index is 13.7. The van der Waals surface area contributed by atoms with Crippen molar-refractivity contribution < 1.29 is 18.4 Å². The SMILES string of the molecule is C[C@@H](NCC(=O)Nc1ccc(C(=O)N(C)C)cc1)c1ccc(F)cc1F. The molecule has 0 aliphatic carbocycles. The van der Waals surface area contributed by atoms with Crippen LogP contribution in [0.3, 0.4) is 0 Å². The number of hydrogen-bond acceptors (Lipinski definition) is 3. The van der Waals surface area contributed by atoms with Crippen molar-refractivity contribution in [1.82, 2.24) is 10.2 Å². The minimum Gasteiger partial charge on any atom is -0.345 e. The van der Waals surface area contributed by atoms with E-state index in [0.717, 1.165) is 6.07 Å². The molecule has 0 aliphatic heterocycles. The number of amides is 2. The lowest BCUT2D eigenvalue weighted by Gasteiger charge is -2.15. The fourth-order valence-electron chi connectivity index (χ4n) is 2.37. The Morgan fingerprint density at radius 2 is 1.73 bits per heavy atom. The Bertz CT molecular complexity index is 792. The van der Waals surface area contributed by atoms with Crippen molar-refractivity contribution in [2.45, 2.75) is 13.0 Å². The molecule has 0 aromatic heterocycles. The van der Waals surface area contributed by atoms with Gasteiger partial charge in [0.05, 0.1) is 6.54 Å². The van der Waals surface area contributed by atoms with Crippen LogP contribution in [0, 0.1) is 11.6 Å². The van der Waals surface area contributed by atoms with Gasteiger partial charge >= 0.3 is 0 Å². The van der Waals surface area contributed by atoms with Crippen LogP contribution in [0.2, 0.25) is 0 Å². The minimum atomic E-state index is -0.661. The average molecular weight is 361 g/mol. The first-order valence-corrected chi connectivity index (χ1v) is 8.08. The summed E-state index contributed by atoms with van der Waals surface area (Å²) >= 11 is 0. The highest BCUT2D eigenvalue weighted by Gasteiger charge is 2.13. The molecule has 138 valence electrons. The predicted molar refractivity (Wildman–Crippen MR) is 95.9 cm³/mol. The number of nitrogens with one attached hydrogen (secondary N) is 2. The zero-order chi connectivity index (χ0) is 19.3. The number of hydrogen-bond donors (Lipinski definition) is 2. The van der Waals surface area contributed by atoms with Crippen LogP contribution in [-0.2, 0) is 4.79 Å². The van der Waals surface area contributed by atoms with E-state index in [4.69, 9.17) is 0 Å². The van der Waals surface area contributed by atoms with E-state index in [-0.39, 0.29) is 23.9 Å². The van der Waals surface area contributed by atoms with Gasteiger partial charge in [-0.15, -0.1) is 0 Å². The molecule has 0 unspecified atom stereocenters. The third kappa shape index (κ3) is 5.10. The van der Waals surface area contributed by atoms with Crippen LogP contribution in [0.15, 0.2) is 42.5 Å². The minimum absolute atomic E-state index is 0.0453. The maximum absolute atomic E-state index is 13.7. The molecule has 0 fully saturated rings. The van der Waals surface area contributed by atoms with Crippen LogP contribution in [-0.4, -0.2) is 37.4 Å². The fourth-order valence-corrected chi connectivity index (χ4v) is 2.37. The normalized spacial score (nSPS) is 11.7. The average Bonchev–Trinajstić information content (AvgIpc) is 2.59. The third-order valence-electron chi connectivity index (χ3n) is 3.82. The van der Waals surface area contributed by atoms with Gasteiger partial charge in [-0.25, -0.2) is 8.78 Å². The molecule has 26 heavy (non-hydrogen) atoms. The van der Waals surface area contributed by atoms with Crippen LogP contribution < -0.4 is 10.6 Å². The Labute approximate surface area is 151 Å². The summed E-state index contributed by atoms with van der Waals surface area (Å²) in [5.41, 5.74) is 1.35. The monoisotopic (exact) mass is 361 g/mol. The molecule has 5 nitrogen and oxygen atoms in total. The molecular weight excluding hydrogens is 340 g/mol. The summed E-state index contributed by atoms with van der Waals surface area (Å²) < 4.78 is 26.7. The summed E-state index contributed by atoms with van der Waals surface area (Å²) in [5.74, 6) is -1.75. The lowest BCUT2D eigenvalue weighted by Crippen LogP contribution is -2.30. The van der Waals surface area contributed by atoms with Crippen molar-refractivity contribution in [3.63, 3.8) is 0 Å². The van der Waals surface area contributed by atoms with Gasteiger partial charge in [-0.3, -0.25) is 9.59 Å². The van der Waals surface area contributed by atoms with Crippen LogP contribution in [0.4, 0.5) is 14.5 Å². The Morgan fingerprint density at radius 1 is 1.08 bits per heavy atom. The Kier molecular flexibility index (Phi) is 6.41. The Morgan fingerprint density at radius 3 is 2.31 bits per heavy atom. The first-order valence-electron chi connectivity index (χ1n) is 8.08. The number of benzene rings is 2. The number of anilines is 1. The number of halogens is 2. The van der Waals surface area contributed by atoms with Crippen LogP contribution >= 0.6 is 0 Å². The molecule has 2 amide bonds. The van der Waals surface area contributed by atoms with Gasteiger partial charge in [0.1, 0.15) is 11.6 Å². The van der Waals surface area contributed by atoms with Crippen molar-refractivity contribution in [2.75, 3.05) is 26.0 Å². The largest absolute Gasteiger partial charge is 0.345 e. The highest BCUT2D eigenvalue weighted by atomic mass is 19.1. The molecule has 1 atom stereocenters. The van der Waals surface area contributed by atoms with E-state index in [9.17, 15) is 18.4 Å². The van der Waals surface area contributed by atoms with Crippen LogP contribution in [0.1, 0.15) is 28.9 Å². The second-order valence-corrected chi connectivity index (χ2v) is 6.09. The van der Waals surface area contributed by atoms with Gasteiger partial charge in [0, 0.05) is 43.0 Å². The number of carbonyl (C=O) groups excluding carboxylic acids is 2. The van der Waals surface area contributed by atoms with Gasteiger partial charge in [0.25, 0.3) is 5.91 Å². The molecule has 2 aromatic rings. The summed E-state index contributed by atoms with van der Waals surface area (Å²) in [6.45, 7) is 1.64. The molecule has 0 aliphatic rings.